The molecule has 0 aromatic carbocycles. The Hall–Kier alpha value is -1.06. The fourth-order valence-electron chi connectivity index (χ4n) is 1.58. The molecule has 1 amide bonds. The van der Waals surface area contributed by atoms with Gasteiger partial charge in [0.15, 0.2) is 0 Å². The minimum Gasteiger partial charge on any atom is -0.333 e. The van der Waals surface area contributed by atoms with Gasteiger partial charge in [0.1, 0.15) is 10.1 Å². The minimum absolute atomic E-state index is 0.242. The van der Waals surface area contributed by atoms with E-state index in [-0.39, 0.29) is 5.91 Å². The van der Waals surface area contributed by atoms with Crippen LogP contribution >= 0.6 is 27.7 Å². The van der Waals surface area contributed by atoms with Crippen molar-refractivity contribution < 1.29 is 4.79 Å². The maximum atomic E-state index is 11.9. The molecule has 0 bridgehead atoms. The van der Waals surface area contributed by atoms with E-state index in [1.165, 1.54) is 6.20 Å². The Morgan fingerprint density at radius 3 is 3.00 bits per heavy atom. The van der Waals surface area contributed by atoms with E-state index in [9.17, 15) is 4.79 Å². The Labute approximate surface area is 112 Å². The van der Waals surface area contributed by atoms with Gasteiger partial charge in [0.05, 0.1) is 11.6 Å². The van der Waals surface area contributed by atoms with Crippen LogP contribution in [0.1, 0.15) is 16.8 Å². The average molecular weight is 312 g/mol. The van der Waals surface area contributed by atoms with E-state index in [1.54, 1.807) is 23.9 Å². The molecule has 0 aliphatic carbocycles. The van der Waals surface area contributed by atoms with E-state index in [0.717, 1.165) is 5.75 Å². The second-order valence-corrected chi connectivity index (χ2v) is 5.74. The van der Waals surface area contributed by atoms with Gasteiger partial charge in [0.2, 0.25) is 0 Å². The van der Waals surface area contributed by atoms with Crippen molar-refractivity contribution in [1.82, 2.24) is 10.3 Å². The van der Waals surface area contributed by atoms with Crippen molar-refractivity contribution in [2.75, 3.05) is 11.5 Å². The fourth-order valence-corrected chi connectivity index (χ4v) is 3.08. The van der Waals surface area contributed by atoms with E-state index in [0.29, 0.717) is 22.3 Å². The summed E-state index contributed by atoms with van der Waals surface area (Å²) in [5.41, 5.74) is -0.242. The fraction of sp³-hybridized carbons (Fsp3) is 0.364. The number of nitrogens with zero attached hydrogens (tertiary/aromatic N) is 2. The lowest BCUT2D eigenvalue weighted by Crippen LogP contribution is -2.47. The largest absolute Gasteiger partial charge is 0.333 e. The molecule has 0 saturated carbocycles. The van der Waals surface area contributed by atoms with Crippen molar-refractivity contribution in [1.29, 1.82) is 5.26 Å². The second-order valence-electron chi connectivity index (χ2n) is 3.82. The lowest BCUT2D eigenvalue weighted by Gasteiger charge is -2.20. The number of thioether (sulfide) groups is 1. The van der Waals surface area contributed by atoms with Gasteiger partial charge in [-0.15, -0.1) is 0 Å². The summed E-state index contributed by atoms with van der Waals surface area (Å²) in [4.78, 5) is 15.9. The first kappa shape index (κ1) is 12.4. The molecule has 1 fully saturated rings. The molecule has 0 radical (unpaired) electrons. The molecule has 1 aromatic heterocycles. The highest BCUT2D eigenvalue weighted by Crippen LogP contribution is 2.27. The summed E-state index contributed by atoms with van der Waals surface area (Å²) in [5, 5.41) is 12.0. The average Bonchev–Trinajstić information content (AvgIpc) is 2.79. The van der Waals surface area contributed by atoms with Crippen LogP contribution in [0.2, 0.25) is 0 Å². The molecule has 1 aromatic rings. The highest BCUT2D eigenvalue weighted by Gasteiger charge is 2.36. The van der Waals surface area contributed by atoms with Crippen molar-refractivity contribution in [3.05, 3.63) is 28.5 Å². The number of halogens is 1. The molecule has 2 heterocycles. The van der Waals surface area contributed by atoms with Crippen molar-refractivity contribution in [2.45, 2.75) is 12.0 Å². The van der Waals surface area contributed by atoms with Gasteiger partial charge in [-0.2, -0.15) is 17.0 Å². The Kier molecular flexibility index (Phi) is 3.69. The highest BCUT2D eigenvalue weighted by atomic mass is 79.9. The van der Waals surface area contributed by atoms with Gasteiger partial charge >= 0.3 is 0 Å². The van der Waals surface area contributed by atoms with Gasteiger partial charge in [-0.05, 0) is 40.2 Å². The lowest BCUT2D eigenvalue weighted by molar-refractivity contribution is 0.0925. The quantitative estimate of drug-likeness (QED) is 0.848. The third-order valence-corrected chi connectivity index (χ3v) is 4.24. The molecule has 1 atom stereocenters. The minimum atomic E-state index is -0.713. The van der Waals surface area contributed by atoms with Crippen LogP contribution in [0.3, 0.4) is 0 Å². The molecule has 1 saturated heterocycles. The molecule has 6 heteroatoms. The van der Waals surface area contributed by atoms with Gasteiger partial charge < -0.3 is 5.32 Å². The van der Waals surface area contributed by atoms with Crippen LogP contribution in [0.4, 0.5) is 0 Å². The molecular weight excluding hydrogens is 302 g/mol. The first-order valence-electron chi connectivity index (χ1n) is 5.08. The number of carbonyl (C=O) groups excluding carboxylic acids is 1. The summed E-state index contributed by atoms with van der Waals surface area (Å²) in [6.45, 7) is 0. The van der Waals surface area contributed by atoms with Crippen LogP contribution in [0, 0.1) is 11.3 Å². The summed E-state index contributed by atoms with van der Waals surface area (Å²) in [7, 11) is 0. The monoisotopic (exact) mass is 311 g/mol. The van der Waals surface area contributed by atoms with Gasteiger partial charge in [0.25, 0.3) is 5.91 Å². The number of nitriles is 1. The molecule has 1 aliphatic heterocycles. The van der Waals surface area contributed by atoms with E-state index in [2.05, 4.69) is 32.3 Å². The second kappa shape index (κ2) is 5.07. The number of rotatable bonds is 2. The normalized spacial score (nSPS) is 23.1. The number of pyridine rings is 1. The molecule has 0 spiro atoms. The van der Waals surface area contributed by atoms with Crippen LogP contribution in [0.15, 0.2) is 22.9 Å². The number of aromatic nitrogens is 1. The van der Waals surface area contributed by atoms with Crippen LogP contribution in [-0.2, 0) is 0 Å². The lowest BCUT2D eigenvalue weighted by atomic mass is 10.0. The van der Waals surface area contributed by atoms with Crippen molar-refractivity contribution in [3.63, 3.8) is 0 Å². The maximum absolute atomic E-state index is 11.9. The maximum Gasteiger partial charge on any atom is 0.254 e. The number of carbonyl (C=O) groups is 1. The van der Waals surface area contributed by atoms with E-state index < -0.39 is 5.54 Å². The number of hydrogen-bond acceptors (Lipinski definition) is 4. The van der Waals surface area contributed by atoms with Gasteiger partial charge in [-0.3, -0.25) is 4.79 Å². The number of hydrogen-bond donors (Lipinski definition) is 1. The first-order valence-corrected chi connectivity index (χ1v) is 7.03. The molecule has 1 unspecified atom stereocenters. The predicted octanol–water partition coefficient (Wildman–Crippen LogP) is 1.97. The topological polar surface area (TPSA) is 65.8 Å². The Bertz CT molecular complexity index is 463. The van der Waals surface area contributed by atoms with Gasteiger partial charge in [0, 0.05) is 11.9 Å². The summed E-state index contributed by atoms with van der Waals surface area (Å²) < 4.78 is 0.681. The number of amides is 1. The molecule has 17 heavy (non-hydrogen) atoms. The van der Waals surface area contributed by atoms with Crippen molar-refractivity contribution >= 4 is 33.6 Å². The predicted molar refractivity (Wildman–Crippen MR) is 69.7 cm³/mol. The van der Waals surface area contributed by atoms with E-state index >= 15 is 0 Å². The zero-order valence-electron chi connectivity index (χ0n) is 8.94. The summed E-state index contributed by atoms with van der Waals surface area (Å²) in [5.74, 6) is 1.32. The Morgan fingerprint density at radius 1 is 1.65 bits per heavy atom. The summed E-state index contributed by atoms with van der Waals surface area (Å²) in [6, 6.07) is 5.59. The molecule has 2 rings (SSSR count). The molecular formula is C11H10BrN3OS. The first-order chi connectivity index (χ1) is 8.15. The molecule has 88 valence electrons. The van der Waals surface area contributed by atoms with Crippen LogP contribution in [0.5, 0.6) is 0 Å². The van der Waals surface area contributed by atoms with E-state index in [4.69, 9.17) is 5.26 Å². The molecule has 4 nitrogen and oxygen atoms in total. The zero-order chi connectivity index (χ0) is 12.3. The third kappa shape index (κ3) is 2.79. The highest BCUT2D eigenvalue weighted by molar-refractivity contribution is 9.10. The summed E-state index contributed by atoms with van der Waals surface area (Å²) >= 11 is 4.89. The molecule has 1 aliphatic rings. The van der Waals surface area contributed by atoms with Crippen LogP contribution < -0.4 is 5.32 Å². The Morgan fingerprint density at radius 2 is 2.47 bits per heavy atom. The van der Waals surface area contributed by atoms with Crippen molar-refractivity contribution in [3.8, 4) is 6.07 Å². The van der Waals surface area contributed by atoms with Gasteiger partial charge in [-0.25, -0.2) is 4.98 Å². The summed E-state index contributed by atoms with van der Waals surface area (Å²) in [6.07, 6.45) is 2.19. The van der Waals surface area contributed by atoms with E-state index in [1.807, 2.05) is 0 Å². The Balaban J connectivity index is 2.11. The van der Waals surface area contributed by atoms with Crippen molar-refractivity contribution in [2.24, 2.45) is 0 Å². The van der Waals surface area contributed by atoms with Crippen LogP contribution in [-0.4, -0.2) is 27.9 Å². The molecule has 1 N–H and O–H groups in total. The third-order valence-electron chi connectivity index (χ3n) is 2.58. The smallest absolute Gasteiger partial charge is 0.254 e. The zero-order valence-corrected chi connectivity index (χ0v) is 11.3. The standard InChI is InChI=1S/C11H10BrN3OS/c12-9-2-1-8(5-14-9)10(16)15-11(6-13)3-4-17-7-11/h1-2,5H,3-4,7H2,(H,15,16). The van der Waals surface area contributed by atoms with Gasteiger partial charge in [-0.1, -0.05) is 0 Å². The van der Waals surface area contributed by atoms with Crippen LogP contribution in [0.25, 0.3) is 0 Å². The number of nitrogens with one attached hydrogen (secondary N) is 1. The SMILES string of the molecule is N#CC1(NC(=O)c2ccc(Br)nc2)CCSC1.